The van der Waals surface area contributed by atoms with Crippen molar-refractivity contribution in [3.05, 3.63) is 35.4 Å². The number of imide groups is 1. The van der Waals surface area contributed by atoms with E-state index >= 15 is 0 Å². The van der Waals surface area contributed by atoms with Gasteiger partial charge in [-0.3, -0.25) is 4.79 Å². The monoisotopic (exact) mass is 386 g/mol. The largest absolute Gasteiger partial charge is 0.329 e. The minimum absolute atomic E-state index is 0.0201. The van der Waals surface area contributed by atoms with E-state index in [1.807, 2.05) is 0 Å². The molecule has 2 heterocycles. The number of piperazine rings is 1. The molecular formula is C22H34N4O2+2. The topological polar surface area (TPSA) is 58.3 Å². The van der Waals surface area contributed by atoms with Gasteiger partial charge >= 0.3 is 6.03 Å². The number of nitrogens with zero attached hydrogens (tertiary/aromatic N) is 1. The Hall–Kier alpha value is -1.92. The van der Waals surface area contributed by atoms with Crippen LogP contribution in [0.25, 0.3) is 0 Å². The zero-order valence-corrected chi connectivity index (χ0v) is 17.2. The van der Waals surface area contributed by atoms with E-state index in [0.717, 1.165) is 58.4 Å². The molecule has 0 radical (unpaired) electrons. The molecule has 2 aliphatic heterocycles. The van der Waals surface area contributed by atoms with Gasteiger partial charge in [-0.15, -0.1) is 0 Å². The van der Waals surface area contributed by atoms with Crippen molar-refractivity contribution in [2.75, 3.05) is 32.8 Å². The van der Waals surface area contributed by atoms with Crippen molar-refractivity contribution >= 4 is 11.9 Å². The Kier molecular flexibility index (Phi) is 5.43. The van der Waals surface area contributed by atoms with Gasteiger partial charge in [0.1, 0.15) is 38.3 Å². The lowest BCUT2D eigenvalue weighted by Gasteiger charge is -2.37. The number of hydrogen-bond acceptors (Lipinski definition) is 2. The molecule has 4 rings (SSSR count). The summed E-state index contributed by atoms with van der Waals surface area (Å²) in [7, 11) is 0. The van der Waals surface area contributed by atoms with E-state index in [2.05, 4.69) is 43.4 Å². The number of benzene rings is 1. The molecule has 3 aliphatic rings. The predicted molar refractivity (Wildman–Crippen MR) is 107 cm³/mol. The van der Waals surface area contributed by atoms with Crippen LogP contribution in [0.1, 0.15) is 43.7 Å². The van der Waals surface area contributed by atoms with Crippen molar-refractivity contribution in [1.29, 1.82) is 0 Å². The van der Waals surface area contributed by atoms with E-state index in [0.29, 0.717) is 6.67 Å². The number of nitrogens with one attached hydrogen (secondary N) is 3. The normalized spacial score (nSPS) is 33.4. The quantitative estimate of drug-likeness (QED) is 0.625. The van der Waals surface area contributed by atoms with E-state index in [1.54, 1.807) is 4.90 Å². The molecule has 1 aromatic rings. The molecule has 6 nitrogen and oxygen atoms in total. The molecular weight excluding hydrogens is 352 g/mol. The minimum atomic E-state index is -0.632. The van der Waals surface area contributed by atoms with Gasteiger partial charge in [-0.25, -0.2) is 9.69 Å². The Bertz CT molecular complexity index is 744. The number of quaternary nitrogens is 2. The van der Waals surface area contributed by atoms with E-state index in [1.165, 1.54) is 20.9 Å². The van der Waals surface area contributed by atoms with Crippen LogP contribution in [-0.4, -0.2) is 55.2 Å². The van der Waals surface area contributed by atoms with E-state index in [9.17, 15) is 9.59 Å². The number of aryl methyl sites for hydroxylation is 1. The number of amides is 3. The lowest BCUT2D eigenvalue weighted by Crippen LogP contribution is -3.28. The maximum Gasteiger partial charge on any atom is 0.329 e. The molecule has 1 spiro atoms. The van der Waals surface area contributed by atoms with Crippen LogP contribution in [-0.2, 0) is 11.3 Å². The Balaban J connectivity index is 1.32. The van der Waals surface area contributed by atoms with Crippen LogP contribution >= 0.6 is 0 Å². The van der Waals surface area contributed by atoms with Gasteiger partial charge in [-0.05, 0) is 25.7 Å². The van der Waals surface area contributed by atoms with Crippen LogP contribution < -0.4 is 15.1 Å². The second kappa shape index (κ2) is 7.84. The number of carbonyl (C=O) groups is 2. The summed E-state index contributed by atoms with van der Waals surface area (Å²) in [6, 6.07) is 8.56. The van der Waals surface area contributed by atoms with Crippen LogP contribution in [0.4, 0.5) is 4.79 Å². The van der Waals surface area contributed by atoms with Crippen LogP contribution in [0.15, 0.2) is 24.3 Å². The van der Waals surface area contributed by atoms with Crippen molar-refractivity contribution in [1.82, 2.24) is 10.2 Å². The van der Waals surface area contributed by atoms with Gasteiger partial charge in [0, 0.05) is 5.56 Å². The molecule has 3 fully saturated rings. The van der Waals surface area contributed by atoms with Crippen LogP contribution in [0.5, 0.6) is 0 Å². The second-order valence-electron chi connectivity index (χ2n) is 9.11. The summed E-state index contributed by atoms with van der Waals surface area (Å²) in [5.74, 6) is 0.250. The molecule has 1 saturated carbocycles. The second-order valence-corrected chi connectivity index (χ2v) is 9.11. The summed E-state index contributed by atoms with van der Waals surface area (Å²) in [6.45, 7) is 9.97. The van der Waals surface area contributed by atoms with E-state index < -0.39 is 5.54 Å². The SMILES string of the molecule is Cc1cccc(C[NH+]2CC[NH+](CN3C(=O)N[C@@]4(CCCC[C@@H]4C)C3=O)CC2)c1. The third-order valence-corrected chi connectivity index (χ3v) is 7.08. The highest BCUT2D eigenvalue weighted by Crippen LogP contribution is 2.37. The third-order valence-electron chi connectivity index (χ3n) is 7.08. The van der Waals surface area contributed by atoms with Crippen molar-refractivity contribution in [3.8, 4) is 0 Å². The number of urea groups is 1. The molecule has 0 bridgehead atoms. The van der Waals surface area contributed by atoms with Crippen LogP contribution in [0.3, 0.4) is 0 Å². The summed E-state index contributed by atoms with van der Waals surface area (Å²) in [5, 5.41) is 3.07. The first-order valence-electron chi connectivity index (χ1n) is 10.8. The lowest BCUT2D eigenvalue weighted by molar-refractivity contribution is -1.02. The fraction of sp³-hybridized carbons (Fsp3) is 0.636. The molecule has 3 amide bonds. The highest BCUT2D eigenvalue weighted by Gasteiger charge is 2.55. The highest BCUT2D eigenvalue weighted by atomic mass is 16.2. The molecule has 6 heteroatoms. The molecule has 2 atom stereocenters. The fourth-order valence-electron chi connectivity index (χ4n) is 5.27. The van der Waals surface area contributed by atoms with Crippen molar-refractivity contribution in [3.63, 3.8) is 0 Å². The maximum atomic E-state index is 13.1. The molecule has 1 aliphatic carbocycles. The first kappa shape index (κ1) is 19.4. The molecule has 152 valence electrons. The average molecular weight is 387 g/mol. The highest BCUT2D eigenvalue weighted by molar-refractivity contribution is 6.07. The molecule has 28 heavy (non-hydrogen) atoms. The zero-order valence-electron chi connectivity index (χ0n) is 17.2. The Morgan fingerprint density at radius 1 is 1.14 bits per heavy atom. The first-order valence-corrected chi connectivity index (χ1v) is 10.8. The summed E-state index contributed by atoms with van der Waals surface area (Å²) in [6.07, 6.45) is 3.99. The van der Waals surface area contributed by atoms with Gasteiger partial charge in [0.15, 0.2) is 6.67 Å². The maximum absolute atomic E-state index is 13.1. The van der Waals surface area contributed by atoms with Gasteiger partial charge in [-0.2, -0.15) is 0 Å². The van der Waals surface area contributed by atoms with Gasteiger partial charge in [0.25, 0.3) is 5.91 Å². The van der Waals surface area contributed by atoms with Crippen molar-refractivity contribution in [2.24, 2.45) is 5.92 Å². The van der Waals surface area contributed by atoms with Gasteiger partial charge in [0.2, 0.25) is 0 Å². The third kappa shape index (κ3) is 3.67. The molecule has 2 saturated heterocycles. The Morgan fingerprint density at radius 3 is 2.61 bits per heavy atom. The number of rotatable bonds is 4. The van der Waals surface area contributed by atoms with Crippen molar-refractivity contribution < 1.29 is 19.4 Å². The lowest BCUT2D eigenvalue weighted by atomic mass is 9.73. The van der Waals surface area contributed by atoms with E-state index in [-0.39, 0.29) is 17.9 Å². The number of carbonyl (C=O) groups excluding carboxylic acids is 2. The van der Waals surface area contributed by atoms with Gasteiger partial charge in [-0.1, -0.05) is 49.6 Å². The predicted octanol–water partition coefficient (Wildman–Crippen LogP) is -0.263. The van der Waals surface area contributed by atoms with Crippen molar-refractivity contribution in [2.45, 2.75) is 51.6 Å². The summed E-state index contributed by atoms with van der Waals surface area (Å²) >= 11 is 0. The minimum Gasteiger partial charge on any atom is -0.323 e. The number of hydrogen-bond donors (Lipinski definition) is 3. The summed E-state index contributed by atoms with van der Waals surface area (Å²) < 4.78 is 0. The fourth-order valence-corrected chi connectivity index (χ4v) is 5.27. The summed E-state index contributed by atoms with van der Waals surface area (Å²) in [4.78, 5) is 30.2. The summed E-state index contributed by atoms with van der Waals surface area (Å²) in [5.41, 5.74) is 2.07. The Morgan fingerprint density at radius 2 is 1.89 bits per heavy atom. The molecule has 0 unspecified atom stereocenters. The molecule has 1 aromatic carbocycles. The Labute approximate surface area is 167 Å². The van der Waals surface area contributed by atoms with Gasteiger partial charge < -0.3 is 15.1 Å². The average Bonchev–Trinajstić information content (AvgIpc) is 2.91. The van der Waals surface area contributed by atoms with E-state index in [4.69, 9.17) is 0 Å². The standard InChI is InChI=1S/C22H32N4O2/c1-17-6-5-8-19(14-17)15-24-10-12-25(13-11-24)16-26-20(27)22(23-21(26)28)9-4-3-7-18(22)2/h5-6,8,14,18H,3-4,7,9-13,15-16H2,1-2H3,(H,23,28)/p+2/t18-,22+/m0/s1. The smallest absolute Gasteiger partial charge is 0.323 e. The molecule has 0 aromatic heterocycles. The van der Waals surface area contributed by atoms with Crippen LogP contribution in [0, 0.1) is 12.8 Å². The zero-order chi connectivity index (χ0) is 19.7. The van der Waals surface area contributed by atoms with Gasteiger partial charge in [0.05, 0.1) is 0 Å². The first-order chi connectivity index (χ1) is 13.5. The van der Waals surface area contributed by atoms with Crippen LogP contribution in [0.2, 0.25) is 0 Å². The molecule has 3 N–H and O–H groups in total.